The molecule has 7 nitrogen and oxygen atoms in total. The second-order valence-corrected chi connectivity index (χ2v) is 8.07. The molecule has 2 aromatic heterocycles. The summed E-state index contributed by atoms with van der Waals surface area (Å²) >= 11 is 0. The number of nitrogens with one attached hydrogen (secondary N) is 2. The van der Waals surface area contributed by atoms with Gasteiger partial charge in [0.05, 0.1) is 34.6 Å². The third-order valence-electron chi connectivity index (χ3n) is 5.90. The van der Waals surface area contributed by atoms with Gasteiger partial charge in [-0.15, -0.1) is 5.10 Å². The van der Waals surface area contributed by atoms with Crippen LogP contribution in [-0.2, 0) is 16.8 Å². The second kappa shape index (κ2) is 6.55. The zero-order chi connectivity index (χ0) is 20.0. The number of hydrogen-bond donors (Lipinski definition) is 2. The number of aromatic nitrogens is 5. The van der Waals surface area contributed by atoms with Crippen molar-refractivity contribution in [2.24, 2.45) is 5.92 Å². The number of hydrogen-bond acceptors (Lipinski definition) is 4. The fourth-order valence-corrected chi connectivity index (χ4v) is 4.29. The summed E-state index contributed by atoms with van der Waals surface area (Å²) in [5.41, 5.74) is 4.26. The van der Waals surface area contributed by atoms with Crippen LogP contribution in [0.1, 0.15) is 26.0 Å². The van der Waals surface area contributed by atoms with Crippen molar-refractivity contribution in [1.29, 1.82) is 0 Å². The SMILES string of the molecule is CC1(C)C(C(=O)Nc2ccc3[nH]nc(-c4ccccc4)c3c2)CCc2cnnn21. The number of benzene rings is 2. The van der Waals surface area contributed by atoms with Crippen LogP contribution in [0.4, 0.5) is 5.69 Å². The number of anilines is 1. The molecule has 1 aliphatic heterocycles. The van der Waals surface area contributed by atoms with Gasteiger partial charge in [-0.3, -0.25) is 9.89 Å². The number of H-pyrrole nitrogens is 1. The quantitative estimate of drug-likeness (QED) is 0.561. The molecule has 29 heavy (non-hydrogen) atoms. The molecule has 1 aliphatic rings. The molecule has 0 saturated heterocycles. The maximum Gasteiger partial charge on any atom is 0.229 e. The van der Waals surface area contributed by atoms with E-state index in [2.05, 4.69) is 25.8 Å². The van der Waals surface area contributed by atoms with Crippen LogP contribution in [0, 0.1) is 5.92 Å². The Bertz CT molecular complexity index is 1190. The first kappa shape index (κ1) is 17.6. The minimum atomic E-state index is -0.427. The van der Waals surface area contributed by atoms with Crippen molar-refractivity contribution in [2.75, 3.05) is 5.32 Å². The second-order valence-electron chi connectivity index (χ2n) is 8.07. The molecule has 3 heterocycles. The van der Waals surface area contributed by atoms with E-state index >= 15 is 0 Å². The molecule has 146 valence electrons. The summed E-state index contributed by atoms with van der Waals surface area (Å²) < 4.78 is 1.88. The minimum absolute atomic E-state index is 0.000237. The van der Waals surface area contributed by atoms with Crippen LogP contribution >= 0.6 is 0 Å². The zero-order valence-electron chi connectivity index (χ0n) is 16.4. The predicted molar refractivity (Wildman–Crippen MR) is 111 cm³/mol. The Labute approximate surface area is 168 Å². The molecule has 4 aromatic rings. The Morgan fingerprint density at radius 1 is 1.21 bits per heavy atom. The molecule has 0 fully saturated rings. The fourth-order valence-electron chi connectivity index (χ4n) is 4.29. The van der Waals surface area contributed by atoms with Gasteiger partial charge in [-0.1, -0.05) is 35.5 Å². The van der Waals surface area contributed by atoms with Crippen LogP contribution < -0.4 is 5.32 Å². The average molecular weight is 386 g/mol. The molecule has 1 unspecified atom stereocenters. The van der Waals surface area contributed by atoms with Gasteiger partial charge in [-0.2, -0.15) is 5.10 Å². The Hall–Kier alpha value is -3.48. The smallest absolute Gasteiger partial charge is 0.229 e. The summed E-state index contributed by atoms with van der Waals surface area (Å²) in [6.45, 7) is 4.09. The number of nitrogens with zero attached hydrogens (tertiary/aromatic N) is 4. The van der Waals surface area contributed by atoms with Gasteiger partial charge in [0.25, 0.3) is 0 Å². The molecule has 2 aromatic carbocycles. The van der Waals surface area contributed by atoms with Crippen molar-refractivity contribution in [3.8, 4) is 11.3 Å². The molecular weight excluding hydrogens is 364 g/mol. The average Bonchev–Trinajstić information content (AvgIpc) is 3.36. The molecule has 1 atom stereocenters. The maximum atomic E-state index is 13.1. The van der Waals surface area contributed by atoms with E-state index in [0.29, 0.717) is 0 Å². The van der Waals surface area contributed by atoms with Crippen LogP contribution in [0.2, 0.25) is 0 Å². The Balaban J connectivity index is 1.44. The van der Waals surface area contributed by atoms with Crippen LogP contribution in [0.3, 0.4) is 0 Å². The summed E-state index contributed by atoms with van der Waals surface area (Å²) in [6.07, 6.45) is 3.36. The zero-order valence-corrected chi connectivity index (χ0v) is 16.4. The van der Waals surface area contributed by atoms with E-state index in [1.54, 1.807) is 6.20 Å². The van der Waals surface area contributed by atoms with Gasteiger partial charge in [-0.05, 0) is 44.9 Å². The van der Waals surface area contributed by atoms with E-state index in [0.717, 1.165) is 46.4 Å². The van der Waals surface area contributed by atoms with Gasteiger partial charge in [0.1, 0.15) is 0 Å². The van der Waals surface area contributed by atoms with E-state index in [-0.39, 0.29) is 11.8 Å². The van der Waals surface area contributed by atoms with Crippen LogP contribution in [0.15, 0.2) is 54.7 Å². The van der Waals surface area contributed by atoms with Crippen molar-refractivity contribution >= 4 is 22.5 Å². The highest BCUT2D eigenvalue weighted by atomic mass is 16.2. The summed E-state index contributed by atoms with van der Waals surface area (Å²) in [4.78, 5) is 13.1. The Kier molecular flexibility index (Phi) is 3.97. The first-order valence-corrected chi connectivity index (χ1v) is 9.78. The molecule has 5 rings (SSSR count). The van der Waals surface area contributed by atoms with Crippen molar-refractivity contribution in [2.45, 2.75) is 32.2 Å². The first-order chi connectivity index (χ1) is 14.0. The molecule has 0 saturated carbocycles. The lowest BCUT2D eigenvalue weighted by molar-refractivity contribution is -0.124. The topological polar surface area (TPSA) is 88.5 Å². The lowest BCUT2D eigenvalue weighted by atomic mass is 9.80. The monoisotopic (exact) mass is 386 g/mol. The summed E-state index contributed by atoms with van der Waals surface area (Å²) in [7, 11) is 0. The number of fused-ring (bicyclic) bond motifs is 2. The van der Waals surface area contributed by atoms with Crippen LogP contribution in [-0.4, -0.2) is 31.1 Å². The van der Waals surface area contributed by atoms with E-state index in [1.807, 2.05) is 67.1 Å². The minimum Gasteiger partial charge on any atom is -0.326 e. The van der Waals surface area contributed by atoms with Crippen LogP contribution in [0.25, 0.3) is 22.2 Å². The largest absolute Gasteiger partial charge is 0.326 e. The van der Waals surface area contributed by atoms with Gasteiger partial charge in [0, 0.05) is 16.6 Å². The molecule has 1 amide bonds. The Morgan fingerprint density at radius 2 is 2.03 bits per heavy atom. The normalized spacial score (nSPS) is 17.8. The molecule has 0 bridgehead atoms. The Morgan fingerprint density at radius 3 is 2.86 bits per heavy atom. The number of amides is 1. The van der Waals surface area contributed by atoms with Crippen molar-refractivity contribution in [3.05, 3.63) is 60.4 Å². The first-order valence-electron chi connectivity index (χ1n) is 9.78. The molecule has 2 N–H and O–H groups in total. The highest BCUT2D eigenvalue weighted by Crippen LogP contribution is 2.36. The number of carbonyl (C=O) groups is 1. The fraction of sp³-hybridized carbons (Fsp3) is 0.273. The van der Waals surface area contributed by atoms with Gasteiger partial charge in [0.2, 0.25) is 5.91 Å². The van der Waals surface area contributed by atoms with E-state index < -0.39 is 5.54 Å². The molecule has 0 spiro atoms. The molecular formula is C22H22N6O. The standard InChI is InChI=1S/C22H22N6O/c1-22(2)18(10-9-16-13-23-27-28(16)22)21(29)24-15-8-11-19-17(12-15)20(26-25-19)14-6-4-3-5-7-14/h3-8,11-13,18H,9-10H2,1-2H3,(H,24,29)(H,25,26). The van der Waals surface area contributed by atoms with Crippen molar-refractivity contribution in [1.82, 2.24) is 25.2 Å². The summed E-state index contributed by atoms with van der Waals surface area (Å²) in [5, 5.41) is 19.8. The van der Waals surface area contributed by atoms with Crippen molar-refractivity contribution < 1.29 is 4.79 Å². The number of carbonyl (C=O) groups excluding carboxylic acids is 1. The van der Waals surface area contributed by atoms with E-state index in [4.69, 9.17) is 0 Å². The lowest BCUT2D eigenvalue weighted by Crippen LogP contribution is -2.46. The third kappa shape index (κ3) is 2.90. The van der Waals surface area contributed by atoms with E-state index in [1.165, 1.54) is 0 Å². The number of aromatic amines is 1. The van der Waals surface area contributed by atoms with Gasteiger partial charge < -0.3 is 5.32 Å². The summed E-state index contributed by atoms with van der Waals surface area (Å²) in [5.74, 6) is -0.189. The highest BCUT2D eigenvalue weighted by molar-refractivity contribution is 5.99. The molecule has 0 aliphatic carbocycles. The van der Waals surface area contributed by atoms with Crippen molar-refractivity contribution in [3.63, 3.8) is 0 Å². The van der Waals surface area contributed by atoms with E-state index in [9.17, 15) is 4.79 Å². The lowest BCUT2D eigenvalue weighted by Gasteiger charge is -2.38. The molecule has 7 heteroatoms. The molecule has 0 radical (unpaired) electrons. The van der Waals surface area contributed by atoms with Crippen LogP contribution in [0.5, 0.6) is 0 Å². The predicted octanol–water partition coefficient (Wildman–Crippen LogP) is 3.76. The summed E-state index contributed by atoms with van der Waals surface area (Å²) in [6, 6.07) is 15.9. The highest BCUT2D eigenvalue weighted by Gasteiger charge is 2.41. The number of rotatable bonds is 3. The number of aryl methyl sites for hydroxylation is 1. The third-order valence-corrected chi connectivity index (χ3v) is 5.90. The van der Waals surface area contributed by atoms with Gasteiger partial charge >= 0.3 is 0 Å². The van der Waals surface area contributed by atoms with Gasteiger partial charge in [-0.25, -0.2) is 4.68 Å². The van der Waals surface area contributed by atoms with Gasteiger partial charge in [0.15, 0.2) is 0 Å². The maximum absolute atomic E-state index is 13.1.